The summed E-state index contributed by atoms with van der Waals surface area (Å²) in [5.74, 6) is 0. The molecule has 0 saturated carbocycles. The number of hydrogen-bond donors (Lipinski definition) is 4. The van der Waals surface area contributed by atoms with Crippen molar-refractivity contribution in [3.05, 3.63) is 34.4 Å². The van der Waals surface area contributed by atoms with E-state index in [1.165, 1.54) is 18.2 Å². The number of para-hydroxylation sites is 2. The molecule has 0 bridgehead atoms. The van der Waals surface area contributed by atoms with Crippen LogP contribution in [-0.4, -0.2) is 45.3 Å². The Morgan fingerprint density at radius 3 is 2.67 bits per heavy atom. The molecule has 1 aromatic rings. The SMILES string of the molecule is O=[N+]([O-])c1ccccc1NN=C(CO)[C@@H](O)CO. The standard InChI is InChI=1S/C10H13N3O5/c14-5-8(10(16)6-15)12-11-7-3-1-2-4-9(7)13(17)18/h1-4,10-11,14-16H,5-6H2/t10-/m0/s1. The molecule has 0 aromatic heterocycles. The highest BCUT2D eigenvalue weighted by Gasteiger charge is 2.14. The van der Waals surface area contributed by atoms with Crippen LogP contribution in [-0.2, 0) is 0 Å². The van der Waals surface area contributed by atoms with Crippen LogP contribution in [0.25, 0.3) is 0 Å². The Morgan fingerprint density at radius 1 is 1.44 bits per heavy atom. The Bertz CT molecular complexity index is 449. The third-order valence-electron chi connectivity index (χ3n) is 2.14. The van der Waals surface area contributed by atoms with Gasteiger partial charge in [0.1, 0.15) is 11.8 Å². The number of benzene rings is 1. The Morgan fingerprint density at radius 2 is 2.11 bits per heavy atom. The van der Waals surface area contributed by atoms with Crippen LogP contribution < -0.4 is 5.43 Å². The van der Waals surface area contributed by atoms with Gasteiger partial charge in [-0.1, -0.05) is 12.1 Å². The summed E-state index contributed by atoms with van der Waals surface area (Å²) in [5, 5.41) is 41.2. The van der Waals surface area contributed by atoms with Crippen molar-refractivity contribution in [3.8, 4) is 0 Å². The summed E-state index contributed by atoms with van der Waals surface area (Å²) in [6.45, 7) is -1.17. The number of rotatable bonds is 6. The molecule has 0 spiro atoms. The van der Waals surface area contributed by atoms with Crippen molar-refractivity contribution in [1.29, 1.82) is 0 Å². The lowest BCUT2D eigenvalue weighted by molar-refractivity contribution is -0.384. The van der Waals surface area contributed by atoms with E-state index in [2.05, 4.69) is 10.5 Å². The van der Waals surface area contributed by atoms with Crippen LogP contribution in [0.1, 0.15) is 0 Å². The number of aliphatic hydroxyl groups is 3. The van der Waals surface area contributed by atoms with Gasteiger partial charge < -0.3 is 15.3 Å². The van der Waals surface area contributed by atoms with Crippen molar-refractivity contribution >= 4 is 17.1 Å². The largest absolute Gasteiger partial charge is 0.393 e. The van der Waals surface area contributed by atoms with E-state index in [1.807, 2.05) is 0 Å². The molecule has 0 radical (unpaired) electrons. The molecule has 0 unspecified atom stereocenters. The summed E-state index contributed by atoms with van der Waals surface area (Å²) in [6, 6.07) is 5.80. The van der Waals surface area contributed by atoms with Crippen LogP contribution in [0.5, 0.6) is 0 Å². The summed E-state index contributed by atoms with van der Waals surface area (Å²) in [7, 11) is 0. The molecule has 0 aliphatic rings. The minimum atomic E-state index is -1.31. The third-order valence-corrected chi connectivity index (χ3v) is 2.14. The van der Waals surface area contributed by atoms with E-state index in [1.54, 1.807) is 6.07 Å². The molecule has 0 heterocycles. The average molecular weight is 255 g/mol. The van der Waals surface area contributed by atoms with Gasteiger partial charge >= 0.3 is 0 Å². The summed E-state index contributed by atoms with van der Waals surface area (Å²) in [6.07, 6.45) is -1.31. The van der Waals surface area contributed by atoms with Crippen molar-refractivity contribution in [3.63, 3.8) is 0 Å². The number of nitro groups is 1. The minimum absolute atomic E-state index is 0.115. The lowest BCUT2D eigenvalue weighted by Gasteiger charge is -2.09. The maximum Gasteiger partial charge on any atom is 0.294 e. The average Bonchev–Trinajstić information content (AvgIpc) is 2.39. The first kappa shape index (κ1) is 14.0. The van der Waals surface area contributed by atoms with Crippen LogP contribution in [0.3, 0.4) is 0 Å². The van der Waals surface area contributed by atoms with Crippen LogP contribution >= 0.6 is 0 Å². The van der Waals surface area contributed by atoms with Gasteiger partial charge in [0, 0.05) is 6.07 Å². The van der Waals surface area contributed by atoms with Crippen molar-refractivity contribution in [2.45, 2.75) is 6.10 Å². The second-order valence-electron chi connectivity index (χ2n) is 3.35. The van der Waals surface area contributed by atoms with Gasteiger partial charge in [0.25, 0.3) is 5.69 Å². The lowest BCUT2D eigenvalue weighted by Crippen LogP contribution is -2.28. The molecule has 4 N–H and O–H groups in total. The molecule has 8 heteroatoms. The summed E-state index contributed by atoms with van der Waals surface area (Å²) >= 11 is 0. The van der Waals surface area contributed by atoms with Gasteiger partial charge in [0.15, 0.2) is 0 Å². The molecule has 0 saturated heterocycles. The van der Waals surface area contributed by atoms with Crippen molar-refractivity contribution in [2.24, 2.45) is 5.10 Å². The topological polar surface area (TPSA) is 128 Å². The first-order valence-corrected chi connectivity index (χ1v) is 5.05. The molecular formula is C10H13N3O5. The first-order chi connectivity index (χ1) is 8.60. The number of aliphatic hydroxyl groups excluding tert-OH is 3. The van der Waals surface area contributed by atoms with E-state index < -0.39 is 24.2 Å². The minimum Gasteiger partial charge on any atom is -0.393 e. The lowest BCUT2D eigenvalue weighted by atomic mass is 10.2. The zero-order valence-electron chi connectivity index (χ0n) is 9.35. The van der Waals surface area contributed by atoms with E-state index >= 15 is 0 Å². The maximum atomic E-state index is 10.7. The van der Waals surface area contributed by atoms with Crippen LogP contribution in [0.4, 0.5) is 11.4 Å². The molecule has 1 rings (SSSR count). The molecule has 0 aliphatic carbocycles. The summed E-state index contributed by atoms with van der Waals surface area (Å²) in [4.78, 5) is 10.1. The smallest absolute Gasteiger partial charge is 0.294 e. The quantitative estimate of drug-likeness (QED) is 0.314. The summed E-state index contributed by atoms with van der Waals surface area (Å²) < 4.78 is 0. The molecule has 98 valence electrons. The molecule has 18 heavy (non-hydrogen) atoms. The number of hydrogen-bond acceptors (Lipinski definition) is 7. The Labute approximate surface area is 102 Å². The van der Waals surface area contributed by atoms with Gasteiger partial charge in [-0.25, -0.2) is 0 Å². The molecule has 1 atom stereocenters. The monoisotopic (exact) mass is 255 g/mol. The highest BCUT2D eigenvalue weighted by molar-refractivity contribution is 5.90. The van der Waals surface area contributed by atoms with E-state index in [0.717, 1.165) is 0 Å². The zero-order valence-corrected chi connectivity index (χ0v) is 9.35. The molecule has 1 aromatic carbocycles. The fourth-order valence-corrected chi connectivity index (χ4v) is 1.18. The van der Waals surface area contributed by atoms with Gasteiger partial charge in [-0.3, -0.25) is 15.5 Å². The molecule has 0 amide bonds. The Balaban J connectivity index is 2.91. The van der Waals surface area contributed by atoms with E-state index in [0.29, 0.717) is 0 Å². The second-order valence-corrected chi connectivity index (χ2v) is 3.35. The second kappa shape index (κ2) is 6.64. The van der Waals surface area contributed by atoms with Gasteiger partial charge in [-0.15, -0.1) is 0 Å². The normalized spacial score (nSPS) is 13.2. The van der Waals surface area contributed by atoms with Crippen LogP contribution in [0.2, 0.25) is 0 Å². The molecule has 0 aliphatic heterocycles. The Kier molecular flexibility index (Phi) is 5.18. The fraction of sp³-hybridized carbons (Fsp3) is 0.300. The van der Waals surface area contributed by atoms with Crippen molar-refractivity contribution < 1.29 is 20.2 Å². The Hall–Kier alpha value is -2.03. The first-order valence-electron chi connectivity index (χ1n) is 5.05. The van der Waals surface area contributed by atoms with Gasteiger partial charge in [-0.05, 0) is 6.07 Å². The van der Waals surface area contributed by atoms with E-state index in [9.17, 15) is 15.2 Å². The predicted octanol–water partition coefficient (Wildman–Crippen LogP) is -0.292. The number of nitro benzene ring substituents is 1. The predicted molar refractivity (Wildman–Crippen MR) is 64.3 cm³/mol. The van der Waals surface area contributed by atoms with Crippen LogP contribution in [0.15, 0.2) is 29.4 Å². The fourth-order valence-electron chi connectivity index (χ4n) is 1.18. The van der Waals surface area contributed by atoms with Gasteiger partial charge in [0.2, 0.25) is 0 Å². The molecule has 8 nitrogen and oxygen atoms in total. The number of hydrazone groups is 1. The third kappa shape index (κ3) is 3.48. The van der Waals surface area contributed by atoms with Gasteiger partial charge in [0.05, 0.1) is 23.8 Å². The van der Waals surface area contributed by atoms with Gasteiger partial charge in [-0.2, -0.15) is 5.10 Å². The zero-order chi connectivity index (χ0) is 13.5. The van der Waals surface area contributed by atoms with E-state index in [-0.39, 0.29) is 17.1 Å². The van der Waals surface area contributed by atoms with E-state index in [4.69, 9.17) is 10.2 Å². The number of nitrogens with zero attached hydrogens (tertiary/aromatic N) is 2. The molecule has 0 fully saturated rings. The van der Waals surface area contributed by atoms with Crippen LogP contribution in [0, 0.1) is 10.1 Å². The highest BCUT2D eigenvalue weighted by Crippen LogP contribution is 2.22. The molecular weight excluding hydrogens is 242 g/mol. The highest BCUT2D eigenvalue weighted by atomic mass is 16.6. The van der Waals surface area contributed by atoms with Crippen molar-refractivity contribution in [2.75, 3.05) is 18.6 Å². The number of nitrogens with one attached hydrogen (secondary N) is 1. The maximum absolute atomic E-state index is 10.7. The van der Waals surface area contributed by atoms with Crippen molar-refractivity contribution in [1.82, 2.24) is 0 Å². The summed E-state index contributed by atoms with van der Waals surface area (Å²) in [5.41, 5.74) is 2.20. The number of anilines is 1.